The van der Waals surface area contributed by atoms with Gasteiger partial charge in [-0.1, -0.05) is 13.0 Å². The third kappa shape index (κ3) is 3.73. The lowest BCUT2D eigenvalue weighted by Crippen LogP contribution is -2.41. The molecule has 1 aromatic carbocycles. The maximum atomic E-state index is 9.78. The lowest BCUT2D eigenvalue weighted by molar-refractivity contribution is 0.231. The predicted molar refractivity (Wildman–Crippen MR) is 95.6 cm³/mol. The molecule has 1 aliphatic rings. The summed E-state index contributed by atoms with van der Waals surface area (Å²) in [6, 6.07) is 8.00. The first kappa shape index (κ1) is 16.0. The first-order chi connectivity index (χ1) is 11.2. The molecule has 3 unspecified atom stereocenters. The van der Waals surface area contributed by atoms with E-state index in [-0.39, 0.29) is 0 Å². The Balaban J connectivity index is 1.76. The van der Waals surface area contributed by atoms with Crippen LogP contribution in [0.4, 0.5) is 0 Å². The minimum Gasteiger partial charge on any atom is -0.508 e. The van der Waals surface area contributed by atoms with Crippen LogP contribution in [0.2, 0.25) is 0 Å². The molecule has 3 nitrogen and oxygen atoms in total. The van der Waals surface area contributed by atoms with E-state index in [4.69, 9.17) is 0 Å². The largest absolute Gasteiger partial charge is 0.508 e. The Morgan fingerprint density at radius 3 is 3.13 bits per heavy atom. The van der Waals surface area contributed by atoms with Crippen LogP contribution < -0.4 is 5.32 Å². The summed E-state index contributed by atoms with van der Waals surface area (Å²) >= 11 is 0. The normalized spacial score (nSPS) is 22.8. The molecule has 0 amide bonds. The van der Waals surface area contributed by atoms with Crippen molar-refractivity contribution in [3.63, 3.8) is 0 Å². The molecule has 23 heavy (non-hydrogen) atoms. The van der Waals surface area contributed by atoms with E-state index in [9.17, 15) is 5.11 Å². The molecule has 0 saturated carbocycles. The Morgan fingerprint density at radius 2 is 2.30 bits per heavy atom. The maximum absolute atomic E-state index is 9.78. The minimum atomic E-state index is 0.306. The van der Waals surface area contributed by atoms with Gasteiger partial charge in [0.1, 0.15) is 5.75 Å². The molecule has 0 radical (unpaired) electrons. The average Bonchev–Trinajstić information content (AvgIpc) is 2.56. The maximum Gasteiger partial charge on any atom is 0.116 e. The van der Waals surface area contributed by atoms with Gasteiger partial charge in [-0.2, -0.15) is 0 Å². The van der Waals surface area contributed by atoms with Crippen LogP contribution in [-0.2, 0) is 6.42 Å². The summed E-state index contributed by atoms with van der Waals surface area (Å²) < 4.78 is 0. The molecule has 3 heteroatoms. The summed E-state index contributed by atoms with van der Waals surface area (Å²) in [5.74, 6) is 1.77. The molecule has 2 aromatic rings. The summed E-state index contributed by atoms with van der Waals surface area (Å²) in [6.45, 7) is 7.31. The van der Waals surface area contributed by atoms with E-state index in [2.05, 4.69) is 29.9 Å². The van der Waals surface area contributed by atoms with Crippen molar-refractivity contribution in [3.05, 3.63) is 48.7 Å². The van der Waals surface area contributed by atoms with Crippen molar-refractivity contribution in [2.45, 2.75) is 38.6 Å². The van der Waals surface area contributed by atoms with Crippen LogP contribution in [-0.4, -0.2) is 22.7 Å². The van der Waals surface area contributed by atoms with E-state index in [1.165, 1.54) is 18.4 Å². The van der Waals surface area contributed by atoms with E-state index in [1.54, 1.807) is 6.07 Å². The molecule has 1 fully saturated rings. The fourth-order valence-electron chi connectivity index (χ4n) is 3.80. The number of aromatic hydroxyl groups is 1. The predicted octanol–water partition coefficient (Wildman–Crippen LogP) is 4.06. The second-order valence-corrected chi connectivity index (χ2v) is 6.81. The van der Waals surface area contributed by atoms with Crippen LogP contribution in [0, 0.1) is 11.8 Å². The third-order valence-corrected chi connectivity index (χ3v) is 5.16. The van der Waals surface area contributed by atoms with Crippen LogP contribution in [0.15, 0.2) is 43.1 Å². The van der Waals surface area contributed by atoms with Crippen LogP contribution in [0.25, 0.3) is 10.9 Å². The molecule has 2 heterocycles. The summed E-state index contributed by atoms with van der Waals surface area (Å²) in [5, 5.41) is 14.5. The van der Waals surface area contributed by atoms with Crippen LogP contribution >= 0.6 is 0 Å². The highest BCUT2D eigenvalue weighted by Crippen LogP contribution is 2.29. The number of phenolic OH excluding ortho intramolecular Hbond substituents is 1. The van der Waals surface area contributed by atoms with E-state index in [1.807, 2.05) is 24.4 Å². The molecule has 0 bridgehead atoms. The standard InChI is InChI=1S/C20H26N2O/c1-3-4-14(2)15-7-9-21-17(11-15)12-16-8-10-22-20-6-5-18(23)13-19(16)20/h3,5-6,8,10,13-15,17,21,23H,1,4,7,9,11-12H2,2H3. The zero-order chi connectivity index (χ0) is 16.2. The van der Waals surface area contributed by atoms with E-state index in [0.717, 1.165) is 36.2 Å². The fourth-order valence-corrected chi connectivity index (χ4v) is 3.80. The molecule has 3 atom stereocenters. The van der Waals surface area contributed by atoms with Crippen molar-refractivity contribution < 1.29 is 5.11 Å². The Bertz CT molecular complexity index is 682. The zero-order valence-electron chi connectivity index (χ0n) is 13.8. The molecule has 1 saturated heterocycles. The van der Waals surface area contributed by atoms with Crippen LogP contribution in [0.3, 0.4) is 0 Å². The number of hydrogen-bond acceptors (Lipinski definition) is 3. The van der Waals surface area contributed by atoms with Crippen molar-refractivity contribution in [1.82, 2.24) is 10.3 Å². The van der Waals surface area contributed by atoms with E-state index in [0.29, 0.717) is 17.7 Å². The number of nitrogens with zero attached hydrogens (tertiary/aromatic N) is 1. The molecule has 1 aromatic heterocycles. The lowest BCUT2D eigenvalue weighted by atomic mass is 9.80. The van der Waals surface area contributed by atoms with Gasteiger partial charge in [0.05, 0.1) is 5.52 Å². The number of aromatic nitrogens is 1. The van der Waals surface area contributed by atoms with Gasteiger partial charge in [0, 0.05) is 17.6 Å². The second kappa shape index (κ2) is 7.14. The van der Waals surface area contributed by atoms with Crippen LogP contribution in [0.1, 0.15) is 31.7 Å². The smallest absolute Gasteiger partial charge is 0.116 e. The highest BCUT2D eigenvalue weighted by atomic mass is 16.3. The highest BCUT2D eigenvalue weighted by molar-refractivity contribution is 5.83. The highest BCUT2D eigenvalue weighted by Gasteiger charge is 2.25. The van der Waals surface area contributed by atoms with Gasteiger partial charge < -0.3 is 10.4 Å². The molecule has 0 aliphatic carbocycles. The Labute approximate surface area is 138 Å². The number of piperidine rings is 1. The Kier molecular flexibility index (Phi) is 4.97. The zero-order valence-corrected chi connectivity index (χ0v) is 13.8. The van der Waals surface area contributed by atoms with Crippen molar-refractivity contribution >= 4 is 10.9 Å². The number of fused-ring (bicyclic) bond motifs is 1. The third-order valence-electron chi connectivity index (χ3n) is 5.16. The first-order valence-corrected chi connectivity index (χ1v) is 8.58. The fraction of sp³-hybridized carbons (Fsp3) is 0.450. The lowest BCUT2D eigenvalue weighted by Gasteiger charge is -2.34. The van der Waals surface area contributed by atoms with Crippen molar-refractivity contribution in [3.8, 4) is 5.75 Å². The van der Waals surface area contributed by atoms with E-state index >= 15 is 0 Å². The molecular formula is C20H26N2O. The van der Waals surface area contributed by atoms with Crippen LogP contribution in [0.5, 0.6) is 5.75 Å². The summed E-state index contributed by atoms with van der Waals surface area (Å²) in [6.07, 6.45) is 8.46. The number of hydrogen-bond donors (Lipinski definition) is 2. The molecule has 0 spiro atoms. The first-order valence-electron chi connectivity index (χ1n) is 8.58. The SMILES string of the molecule is C=CCC(C)C1CCNC(Cc2ccnc3ccc(O)cc23)C1. The molecule has 2 N–H and O–H groups in total. The topological polar surface area (TPSA) is 45.2 Å². The van der Waals surface area contributed by atoms with Gasteiger partial charge in [-0.05, 0) is 73.9 Å². The van der Waals surface area contributed by atoms with Crippen molar-refractivity contribution in [2.75, 3.05) is 6.54 Å². The number of pyridine rings is 1. The molecule has 3 rings (SSSR count). The summed E-state index contributed by atoms with van der Waals surface area (Å²) in [7, 11) is 0. The number of benzene rings is 1. The van der Waals surface area contributed by atoms with Gasteiger partial charge in [0.2, 0.25) is 0 Å². The number of allylic oxidation sites excluding steroid dienone is 1. The van der Waals surface area contributed by atoms with Gasteiger partial charge in [0.25, 0.3) is 0 Å². The Morgan fingerprint density at radius 1 is 1.43 bits per heavy atom. The van der Waals surface area contributed by atoms with Gasteiger partial charge in [-0.15, -0.1) is 6.58 Å². The number of nitrogens with one attached hydrogen (secondary N) is 1. The molecule has 1 aliphatic heterocycles. The van der Waals surface area contributed by atoms with Gasteiger partial charge in [0.15, 0.2) is 0 Å². The summed E-state index contributed by atoms with van der Waals surface area (Å²) in [4.78, 5) is 4.40. The second-order valence-electron chi connectivity index (χ2n) is 6.81. The van der Waals surface area contributed by atoms with Gasteiger partial charge in [-0.25, -0.2) is 0 Å². The number of rotatable bonds is 5. The van der Waals surface area contributed by atoms with Crippen molar-refractivity contribution in [2.24, 2.45) is 11.8 Å². The van der Waals surface area contributed by atoms with E-state index < -0.39 is 0 Å². The number of phenols is 1. The quantitative estimate of drug-likeness (QED) is 0.819. The molecular weight excluding hydrogens is 284 g/mol. The average molecular weight is 310 g/mol. The molecule has 122 valence electrons. The monoisotopic (exact) mass is 310 g/mol. The minimum absolute atomic E-state index is 0.306. The van der Waals surface area contributed by atoms with Crippen molar-refractivity contribution in [1.29, 1.82) is 0 Å². The van der Waals surface area contributed by atoms with Gasteiger partial charge >= 0.3 is 0 Å². The van der Waals surface area contributed by atoms with Gasteiger partial charge in [-0.3, -0.25) is 4.98 Å². The Hall–Kier alpha value is -1.87. The summed E-state index contributed by atoms with van der Waals surface area (Å²) in [5.41, 5.74) is 2.22.